The fraction of sp³-hybridized carbons (Fsp3) is 0.316. The summed E-state index contributed by atoms with van der Waals surface area (Å²) in [5.41, 5.74) is 4.01. The number of hydrogen-bond acceptors (Lipinski definition) is 1. The molecule has 1 unspecified atom stereocenters. The third kappa shape index (κ3) is 4.89. The van der Waals surface area contributed by atoms with E-state index in [2.05, 4.69) is 12.2 Å². The highest BCUT2D eigenvalue weighted by Crippen LogP contribution is 2.20. The van der Waals surface area contributed by atoms with Crippen molar-refractivity contribution in [3.8, 4) is 0 Å². The van der Waals surface area contributed by atoms with Gasteiger partial charge in [-0.2, -0.15) is 0 Å². The van der Waals surface area contributed by atoms with Crippen molar-refractivity contribution in [1.82, 2.24) is 0 Å². The van der Waals surface area contributed by atoms with Gasteiger partial charge in [0.05, 0.1) is 7.05 Å². The first-order valence-corrected chi connectivity index (χ1v) is 7.93. The number of likely N-dealkylation sites (N-methyl/N-ethyl adjacent to an activating group) is 1. The van der Waals surface area contributed by atoms with Crippen molar-refractivity contribution in [2.45, 2.75) is 26.8 Å². The molecule has 0 bridgehead atoms. The second-order valence-electron chi connectivity index (χ2n) is 5.95. The summed E-state index contributed by atoms with van der Waals surface area (Å²) in [4.78, 5) is 13.3. The van der Waals surface area contributed by atoms with Crippen LogP contribution < -0.4 is 10.2 Å². The number of quaternary nitrogens is 1. The molecule has 0 fully saturated rings. The molecule has 2 rings (SSSR count). The van der Waals surface area contributed by atoms with Crippen LogP contribution in [0.4, 0.5) is 10.1 Å². The van der Waals surface area contributed by atoms with Crippen molar-refractivity contribution >= 4 is 11.6 Å². The minimum absolute atomic E-state index is 0.0251. The van der Waals surface area contributed by atoms with E-state index in [4.69, 9.17) is 0 Å². The Balaban J connectivity index is 1.97. The van der Waals surface area contributed by atoms with Crippen molar-refractivity contribution in [3.05, 3.63) is 65.0 Å². The average molecular weight is 315 g/mol. The second kappa shape index (κ2) is 7.88. The number of rotatable bonds is 6. The van der Waals surface area contributed by atoms with Crippen LogP contribution in [0.25, 0.3) is 0 Å². The largest absolute Gasteiger partial charge is 0.326 e. The van der Waals surface area contributed by atoms with Crippen LogP contribution in [0.2, 0.25) is 0 Å². The van der Waals surface area contributed by atoms with E-state index in [0.29, 0.717) is 13.1 Å². The Morgan fingerprint density at radius 2 is 1.96 bits per heavy atom. The Morgan fingerprint density at radius 1 is 1.22 bits per heavy atom. The van der Waals surface area contributed by atoms with Crippen molar-refractivity contribution in [2.24, 2.45) is 0 Å². The van der Waals surface area contributed by atoms with Gasteiger partial charge in [0.25, 0.3) is 5.91 Å². The summed E-state index contributed by atoms with van der Waals surface area (Å²) in [6.45, 7) is 5.03. The van der Waals surface area contributed by atoms with E-state index in [0.717, 1.165) is 33.7 Å². The maximum Gasteiger partial charge on any atom is 0.279 e. The van der Waals surface area contributed by atoms with Gasteiger partial charge in [0.2, 0.25) is 0 Å². The third-order valence-corrected chi connectivity index (χ3v) is 3.86. The van der Waals surface area contributed by atoms with Crippen molar-refractivity contribution in [3.63, 3.8) is 0 Å². The standard InChI is InChI=1S/C19H23FN2O/c1-4-16-9-5-7-14(2)19(16)21-18(23)13-22(3)12-15-8-6-10-17(20)11-15/h5-11H,4,12-13H2,1-3H3,(H,21,23)/p+1. The Hall–Kier alpha value is -2.20. The molecule has 2 aromatic rings. The lowest BCUT2D eigenvalue weighted by Crippen LogP contribution is -3.08. The van der Waals surface area contributed by atoms with Crippen LogP contribution >= 0.6 is 0 Å². The lowest BCUT2D eigenvalue weighted by molar-refractivity contribution is -0.885. The molecule has 0 aromatic heterocycles. The van der Waals surface area contributed by atoms with Gasteiger partial charge in [0, 0.05) is 11.3 Å². The molecule has 0 aliphatic carbocycles. The average Bonchev–Trinajstić information content (AvgIpc) is 2.49. The Kier molecular flexibility index (Phi) is 5.88. The van der Waals surface area contributed by atoms with Crippen LogP contribution in [0.1, 0.15) is 23.6 Å². The second-order valence-corrected chi connectivity index (χ2v) is 5.95. The monoisotopic (exact) mass is 315 g/mol. The molecule has 0 heterocycles. The lowest BCUT2D eigenvalue weighted by Gasteiger charge is -2.16. The summed E-state index contributed by atoms with van der Waals surface area (Å²) in [7, 11) is 1.93. The van der Waals surface area contributed by atoms with Crippen LogP contribution in [0.15, 0.2) is 42.5 Å². The summed E-state index contributed by atoms with van der Waals surface area (Å²) in [5.74, 6) is -0.268. The zero-order valence-corrected chi connectivity index (χ0v) is 13.9. The number of halogens is 1. The molecule has 2 N–H and O–H groups in total. The quantitative estimate of drug-likeness (QED) is 0.843. The van der Waals surface area contributed by atoms with Gasteiger partial charge in [0.15, 0.2) is 6.54 Å². The van der Waals surface area contributed by atoms with Gasteiger partial charge in [0.1, 0.15) is 12.4 Å². The van der Waals surface area contributed by atoms with E-state index in [1.807, 2.05) is 38.2 Å². The Bertz CT molecular complexity index is 685. The molecule has 0 aliphatic heterocycles. The molecular weight excluding hydrogens is 291 g/mol. The summed E-state index contributed by atoms with van der Waals surface area (Å²) in [5, 5.41) is 3.02. The number of benzene rings is 2. The first kappa shape index (κ1) is 17.2. The summed E-state index contributed by atoms with van der Waals surface area (Å²) >= 11 is 0. The highest BCUT2D eigenvalue weighted by Gasteiger charge is 2.13. The first-order valence-electron chi connectivity index (χ1n) is 7.93. The smallest absolute Gasteiger partial charge is 0.279 e. The SMILES string of the molecule is CCc1cccc(C)c1NC(=O)C[NH+](C)Cc1cccc(F)c1. The zero-order chi connectivity index (χ0) is 16.8. The van der Waals surface area contributed by atoms with E-state index in [-0.39, 0.29) is 11.7 Å². The highest BCUT2D eigenvalue weighted by atomic mass is 19.1. The van der Waals surface area contributed by atoms with Crippen LogP contribution in [-0.4, -0.2) is 19.5 Å². The van der Waals surface area contributed by atoms with Crippen molar-refractivity contribution < 1.29 is 14.1 Å². The topological polar surface area (TPSA) is 33.5 Å². The normalized spacial score (nSPS) is 12.0. The lowest BCUT2D eigenvalue weighted by atomic mass is 10.1. The molecule has 0 saturated heterocycles. The van der Waals surface area contributed by atoms with E-state index in [9.17, 15) is 9.18 Å². The number of anilines is 1. The number of carbonyl (C=O) groups is 1. The summed E-state index contributed by atoms with van der Waals surface area (Å²) < 4.78 is 13.2. The molecule has 1 atom stereocenters. The molecule has 2 aromatic carbocycles. The van der Waals surface area contributed by atoms with Gasteiger partial charge in [-0.1, -0.05) is 37.3 Å². The molecule has 122 valence electrons. The van der Waals surface area contributed by atoms with Gasteiger partial charge < -0.3 is 10.2 Å². The first-order chi connectivity index (χ1) is 11.0. The van der Waals surface area contributed by atoms with Gasteiger partial charge in [-0.15, -0.1) is 0 Å². The van der Waals surface area contributed by atoms with E-state index in [1.165, 1.54) is 12.1 Å². The molecule has 23 heavy (non-hydrogen) atoms. The van der Waals surface area contributed by atoms with Gasteiger partial charge in [-0.25, -0.2) is 4.39 Å². The number of carbonyl (C=O) groups excluding carboxylic acids is 1. The number of para-hydroxylation sites is 1. The van der Waals surface area contributed by atoms with Crippen molar-refractivity contribution in [2.75, 3.05) is 18.9 Å². The van der Waals surface area contributed by atoms with E-state index >= 15 is 0 Å². The van der Waals surface area contributed by atoms with Gasteiger partial charge in [-0.3, -0.25) is 4.79 Å². The van der Waals surface area contributed by atoms with E-state index in [1.54, 1.807) is 6.07 Å². The van der Waals surface area contributed by atoms with Crippen LogP contribution in [0.5, 0.6) is 0 Å². The summed E-state index contributed by atoms with van der Waals surface area (Å²) in [6, 6.07) is 12.5. The van der Waals surface area contributed by atoms with Gasteiger partial charge in [-0.05, 0) is 36.6 Å². The van der Waals surface area contributed by atoms with Crippen LogP contribution in [0, 0.1) is 12.7 Å². The highest BCUT2D eigenvalue weighted by molar-refractivity contribution is 5.93. The number of hydrogen-bond donors (Lipinski definition) is 2. The molecule has 0 aliphatic rings. The van der Waals surface area contributed by atoms with Crippen molar-refractivity contribution in [1.29, 1.82) is 0 Å². The molecule has 3 nitrogen and oxygen atoms in total. The Morgan fingerprint density at radius 3 is 2.65 bits per heavy atom. The molecule has 0 radical (unpaired) electrons. The molecule has 4 heteroatoms. The third-order valence-electron chi connectivity index (χ3n) is 3.86. The fourth-order valence-corrected chi connectivity index (χ4v) is 2.72. The van der Waals surface area contributed by atoms with E-state index < -0.39 is 0 Å². The minimum Gasteiger partial charge on any atom is -0.326 e. The van der Waals surface area contributed by atoms with Crippen LogP contribution in [0.3, 0.4) is 0 Å². The predicted molar refractivity (Wildman–Crippen MR) is 91.0 cm³/mol. The number of amides is 1. The summed E-state index contributed by atoms with van der Waals surface area (Å²) in [6.07, 6.45) is 0.878. The molecule has 0 spiro atoms. The maximum absolute atomic E-state index is 13.2. The molecule has 1 amide bonds. The predicted octanol–water partition coefficient (Wildman–Crippen LogP) is 2.35. The molecule has 0 saturated carbocycles. The Labute approximate surface area is 137 Å². The maximum atomic E-state index is 13.2. The van der Waals surface area contributed by atoms with Crippen LogP contribution in [-0.2, 0) is 17.8 Å². The fourth-order valence-electron chi connectivity index (χ4n) is 2.72. The number of aryl methyl sites for hydroxylation is 2. The molecular formula is C19H24FN2O+. The zero-order valence-electron chi connectivity index (χ0n) is 13.9. The number of nitrogens with one attached hydrogen (secondary N) is 2. The minimum atomic E-state index is -0.243. The van der Waals surface area contributed by atoms with Gasteiger partial charge >= 0.3 is 0 Å².